The second kappa shape index (κ2) is 13.1. The van der Waals surface area contributed by atoms with E-state index < -0.39 is 53.6 Å². The number of anilines is 2. The zero-order valence-electron chi connectivity index (χ0n) is 26.0. The molecule has 2 saturated heterocycles. The molecule has 11 nitrogen and oxygen atoms in total. The van der Waals surface area contributed by atoms with Crippen molar-refractivity contribution < 1.29 is 33.8 Å². The zero-order valence-corrected chi connectivity index (χ0v) is 26.0. The van der Waals surface area contributed by atoms with Gasteiger partial charge >= 0.3 is 5.97 Å². The molecular weight excluding hydrogens is 564 g/mol. The summed E-state index contributed by atoms with van der Waals surface area (Å²) in [6, 6.07) is 5.96. The molecule has 4 aliphatic heterocycles. The monoisotopic (exact) mass is 608 g/mol. The number of hydrogen-bond donors (Lipinski definition) is 2. The Hall–Kier alpha value is -3.70. The highest BCUT2D eigenvalue weighted by Crippen LogP contribution is 2.56. The van der Waals surface area contributed by atoms with E-state index in [9.17, 15) is 24.3 Å². The molecular formula is C33H44N4O7. The van der Waals surface area contributed by atoms with Gasteiger partial charge in [0.15, 0.2) is 0 Å². The summed E-state index contributed by atoms with van der Waals surface area (Å²) in [6.07, 6.45) is 6.96. The normalized spacial score (nSPS) is 32.0. The lowest BCUT2D eigenvalue weighted by Crippen LogP contribution is -2.58. The van der Waals surface area contributed by atoms with E-state index in [2.05, 4.69) is 24.1 Å². The number of aliphatic hydroxyl groups excluding tert-OH is 1. The summed E-state index contributed by atoms with van der Waals surface area (Å²) in [5.74, 6) is -3.51. The van der Waals surface area contributed by atoms with Crippen molar-refractivity contribution in [2.45, 2.75) is 76.9 Å². The Bertz CT molecular complexity index is 1310. The first kappa shape index (κ1) is 31.7. The lowest BCUT2D eigenvalue weighted by atomic mass is 9.74. The van der Waals surface area contributed by atoms with Crippen molar-refractivity contribution >= 4 is 35.1 Å². The SMILES string of the molecule is CC[C@@H](CO)N1C(=O)[C@H]2[C@@H]3C(=O)O[C@H](C)CNC(=O)CC/C=C\CN(c4ccc(N(CC)CC)cc4)C(=O)[C@H]1[C@@]21C=C[C@@H]3O1. The number of nitrogens with zero attached hydrogens (tertiary/aromatic N) is 3. The number of esters is 1. The molecule has 0 aliphatic carbocycles. The summed E-state index contributed by atoms with van der Waals surface area (Å²) in [6.45, 7) is 9.36. The molecule has 4 aliphatic rings. The second-order valence-corrected chi connectivity index (χ2v) is 11.9. The number of ether oxygens (including phenoxy) is 2. The average molecular weight is 609 g/mol. The van der Waals surface area contributed by atoms with Crippen LogP contribution in [0.1, 0.15) is 47.0 Å². The van der Waals surface area contributed by atoms with E-state index >= 15 is 0 Å². The molecule has 2 fully saturated rings. The van der Waals surface area contributed by atoms with Crippen molar-refractivity contribution in [3.8, 4) is 0 Å². The molecule has 1 aromatic carbocycles. The third-order valence-corrected chi connectivity index (χ3v) is 9.35. The van der Waals surface area contributed by atoms with E-state index in [0.29, 0.717) is 18.5 Å². The molecule has 1 aromatic rings. The number of cyclic esters (lactones) is 1. The van der Waals surface area contributed by atoms with Crippen LogP contribution in [0.25, 0.3) is 0 Å². The van der Waals surface area contributed by atoms with Crippen molar-refractivity contribution in [3.63, 3.8) is 0 Å². The van der Waals surface area contributed by atoms with Crippen molar-refractivity contribution in [2.75, 3.05) is 42.6 Å². The first-order valence-corrected chi connectivity index (χ1v) is 15.8. The number of carbonyl (C=O) groups excluding carboxylic acids is 4. The van der Waals surface area contributed by atoms with E-state index in [1.165, 1.54) is 4.90 Å². The van der Waals surface area contributed by atoms with Crippen LogP contribution in [0.3, 0.4) is 0 Å². The number of hydrogen-bond acceptors (Lipinski definition) is 8. The molecule has 11 heteroatoms. The van der Waals surface area contributed by atoms with Gasteiger partial charge in [0, 0.05) is 37.4 Å². The van der Waals surface area contributed by atoms with Gasteiger partial charge < -0.3 is 34.6 Å². The Labute approximate surface area is 258 Å². The van der Waals surface area contributed by atoms with Gasteiger partial charge in [0.05, 0.1) is 31.2 Å². The van der Waals surface area contributed by atoms with Crippen LogP contribution < -0.4 is 15.1 Å². The molecule has 5 bridgehead atoms. The first-order valence-electron chi connectivity index (χ1n) is 15.8. The Kier molecular flexibility index (Phi) is 9.45. The van der Waals surface area contributed by atoms with Crippen LogP contribution in [0.5, 0.6) is 0 Å². The van der Waals surface area contributed by atoms with Gasteiger partial charge in [0.1, 0.15) is 23.7 Å². The van der Waals surface area contributed by atoms with Crippen molar-refractivity contribution in [2.24, 2.45) is 11.8 Å². The highest BCUT2D eigenvalue weighted by atomic mass is 16.6. The van der Waals surface area contributed by atoms with Crippen LogP contribution in [-0.2, 0) is 28.7 Å². The smallest absolute Gasteiger partial charge is 0.313 e. The maximum absolute atomic E-state index is 14.8. The summed E-state index contributed by atoms with van der Waals surface area (Å²) in [5.41, 5.74) is 0.272. The quantitative estimate of drug-likeness (QED) is 0.356. The summed E-state index contributed by atoms with van der Waals surface area (Å²) < 4.78 is 12.2. The number of aliphatic hydroxyl groups is 1. The summed E-state index contributed by atoms with van der Waals surface area (Å²) in [5, 5.41) is 13.2. The molecule has 3 amide bonds. The predicted molar refractivity (Wildman–Crippen MR) is 165 cm³/mol. The number of benzene rings is 1. The third-order valence-electron chi connectivity index (χ3n) is 9.35. The van der Waals surface area contributed by atoms with E-state index in [0.717, 1.165) is 18.8 Å². The molecule has 0 aromatic heterocycles. The largest absolute Gasteiger partial charge is 0.460 e. The summed E-state index contributed by atoms with van der Waals surface area (Å²) >= 11 is 0. The fourth-order valence-electron chi connectivity index (χ4n) is 7.04. The van der Waals surface area contributed by atoms with E-state index in [-0.39, 0.29) is 37.9 Å². The average Bonchev–Trinajstić information content (AvgIpc) is 3.66. The van der Waals surface area contributed by atoms with E-state index in [1.54, 1.807) is 24.0 Å². The molecule has 2 N–H and O–H groups in total. The van der Waals surface area contributed by atoms with Crippen molar-refractivity contribution in [1.82, 2.24) is 10.2 Å². The predicted octanol–water partition coefficient (Wildman–Crippen LogP) is 2.19. The minimum absolute atomic E-state index is 0.138. The number of rotatable bonds is 7. The highest BCUT2D eigenvalue weighted by molar-refractivity contribution is 6.05. The van der Waals surface area contributed by atoms with E-state index in [1.807, 2.05) is 43.3 Å². The lowest BCUT2D eigenvalue weighted by Gasteiger charge is -2.38. The molecule has 4 heterocycles. The summed E-state index contributed by atoms with van der Waals surface area (Å²) in [7, 11) is 0. The minimum Gasteiger partial charge on any atom is -0.460 e. The highest BCUT2D eigenvalue weighted by Gasteiger charge is 2.74. The second-order valence-electron chi connectivity index (χ2n) is 11.9. The Morgan fingerprint density at radius 3 is 2.45 bits per heavy atom. The van der Waals surface area contributed by atoms with Gasteiger partial charge in [0.25, 0.3) is 5.91 Å². The molecule has 238 valence electrons. The minimum atomic E-state index is -1.39. The molecule has 5 rings (SSSR count). The molecule has 1 spiro atoms. The maximum atomic E-state index is 14.8. The number of carbonyl (C=O) groups is 4. The molecule has 0 saturated carbocycles. The topological polar surface area (TPSA) is 129 Å². The van der Waals surface area contributed by atoms with Gasteiger partial charge in [-0.3, -0.25) is 19.2 Å². The van der Waals surface area contributed by atoms with Crippen LogP contribution in [0, 0.1) is 11.8 Å². The number of fused-ring (bicyclic) bond motifs is 2. The van der Waals surface area contributed by atoms with Gasteiger partial charge in [-0.1, -0.05) is 31.2 Å². The van der Waals surface area contributed by atoms with Crippen LogP contribution in [-0.4, -0.2) is 96.4 Å². The van der Waals surface area contributed by atoms with Crippen LogP contribution in [0.4, 0.5) is 11.4 Å². The van der Waals surface area contributed by atoms with Crippen molar-refractivity contribution in [3.05, 3.63) is 48.6 Å². The first-order chi connectivity index (χ1) is 21.2. The Morgan fingerprint density at radius 1 is 1.07 bits per heavy atom. The van der Waals surface area contributed by atoms with Crippen LogP contribution in [0.2, 0.25) is 0 Å². The van der Waals surface area contributed by atoms with Crippen molar-refractivity contribution in [1.29, 1.82) is 0 Å². The Balaban J connectivity index is 1.60. The fourth-order valence-corrected chi connectivity index (χ4v) is 7.04. The molecule has 0 radical (unpaired) electrons. The molecule has 44 heavy (non-hydrogen) atoms. The lowest BCUT2D eigenvalue weighted by molar-refractivity contribution is -0.159. The molecule has 7 atom stereocenters. The number of amides is 3. The molecule has 0 unspecified atom stereocenters. The van der Waals surface area contributed by atoms with Gasteiger partial charge in [-0.2, -0.15) is 0 Å². The number of likely N-dealkylation sites (tertiary alicyclic amines) is 1. The fraction of sp³-hybridized carbons (Fsp3) is 0.576. The number of allylic oxidation sites excluding steroid dienone is 1. The zero-order chi connectivity index (χ0) is 31.6. The standard InChI is InChI=1S/C33H44N4O7/c1-5-22(20-38)37-29-31(41)36(24-14-12-23(13-15-24)35(6-2)7-3)18-10-8-9-11-26(39)34-19-21(4)43-32(42)27-25-16-17-33(29,44-25)28(27)30(37)40/h8,10,12-17,21-22,25,27-29,38H,5-7,9,11,18-20H2,1-4H3,(H,34,39)/b10-8-/t21-,22+,25+,27-,28-,29+,33-/m1/s1. The third kappa shape index (κ3) is 5.51. The van der Waals surface area contributed by atoms with Gasteiger partial charge in [-0.05, 0) is 57.9 Å². The van der Waals surface area contributed by atoms with Crippen LogP contribution >= 0.6 is 0 Å². The maximum Gasteiger partial charge on any atom is 0.313 e. The van der Waals surface area contributed by atoms with E-state index in [4.69, 9.17) is 9.47 Å². The Morgan fingerprint density at radius 2 is 1.80 bits per heavy atom. The summed E-state index contributed by atoms with van der Waals surface area (Å²) in [4.78, 5) is 60.4. The van der Waals surface area contributed by atoms with Gasteiger partial charge in [-0.25, -0.2) is 0 Å². The van der Waals surface area contributed by atoms with Gasteiger partial charge in [-0.15, -0.1) is 0 Å². The van der Waals surface area contributed by atoms with Crippen LogP contribution in [0.15, 0.2) is 48.6 Å². The number of nitrogens with one attached hydrogen (secondary N) is 1. The van der Waals surface area contributed by atoms with Gasteiger partial charge in [0.2, 0.25) is 11.8 Å².